The molecule has 0 aliphatic rings. The molecule has 0 aliphatic carbocycles. The monoisotopic (exact) mass is 235 g/mol. The van der Waals surface area contributed by atoms with Crippen LogP contribution in [0.25, 0.3) is 0 Å². The van der Waals surface area contributed by atoms with Gasteiger partial charge in [0.15, 0.2) is 0 Å². The van der Waals surface area contributed by atoms with Crippen LogP contribution in [-0.2, 0) is 13.0 Å². The van der Waals surface area contributed by atoms with Crippen LogP contribution in [0.4, 0.5) is 0 Å². The maximum atomic E-state index is 8.77. The van der Waals surface area contributed by atoms with Gasteiger partial charge in [-0.3, -0.25) is 0 Å². The highest BCUT2D eigenvalue weighted by Gasteiger charge is 2.01. The Morgan fingerprint density at radius 2 is 1.71 bits per heavy atom. The van der Waals surface area contributed by atoms with E-state index >= 15 is 0 Å². The van der Waals surface area contributed by atoms with E-state index in [1.165, 1.54) is 11.1 Å². The van der Waals surface area contributed by atoms with Crippen LogP contribution in [0.2, 0.25) is 0 Å². The number of aliphatic hydroxyl groups excluding tert-OH is 1. The highest BCUT2D eigenvalue weighted by molar-refractivity contribution is 5.22. The van der Waals surface area contributed by atoms with Gasteiger partial charge in [-0.15, -0.1) is 0 Å². The van der Waals surface area contributed by atoms with Crippen LogP contribution in [-0.4, -0.2) is 30.2 Å². The Morgan fingerprint density at radius 3 is 2.24 bits per heavy atom. The summed E-state index contributed by atoms with van der Waals surface area (Å²) in [5.74, 6) is 0.716. The van der Waals surface area contributed by atoms with Crippen molar-refractivity contribution in [3.8, 4) is 0 Å². The zero-order valence-electron chi connectivity index (χ0n) is 11.3. The molecule has 1 aromatic carbocycles. The highest BCUT2D eigenvalue weighted by Crippen LogP contribution is 2.11. The molecule has 1 N–H and O–H groups in total. The van der Waals surface area contributed by atoms with Crippen molar-refractivity contribution in [3.05, 3.63) is 35.4 Å². The third-order valence-electron chi connectivity index (χ3n) is 2.82. The molecule has 0 fully saturated rings. The summed E-state index contributed by atoms with van der Waals surface area (Å²) in [4.78, 5) is 2.24. The van der Waals surface area contributed by atoms with Crippen LogP contribution in [0.1, 0.15) is 31.4 Å². The molecule has 17 heavy (non-hydrogen) atoms. The van der Waals surface area contributed by atoms with E-state index < -0.39 is 0 Å². The largest absolute Gasteiger partial charge is 0.396 e. The third-order valence-corrected chi connectivity index (χ3v) is 2.82. The van der Waals surface area contributed by atoms with Gasteiger partial charge in [0.2, 0.25) is 0 Å². The summed E-state index contributed by atoms with van der Waals surface area (Å²) in [7, 11) is 2.09. The van der Waals surface area contributed by atoms with Crippen molar-refractivity contribution in [2.24, 2.45) is 5.92 Å². The van der Waals surface area contributed by atoms with Crippen LogP contribution in [0.15, 0.2) is 24.3 Å². The van der Waals surface area contributed by atoms with E-state index in [0.717, 1.165) is 25.9 Å². The van der Waals surface area contributed by atoms with E-state index in [1.54, 1.807) is 0 Å². The minimum Gasteiger partial charge on any atom is -0.396 e. The maximum absolute atomic E-state index is 8.77. The summed E-state index contributed by atoms with van der Waals surface area (Å²) in [6.07, 6.45) is 2.00. The zero-order chi connectivity index (χ0) is 12.7. The van der Waals surface area contributed by atoms with Gasteiger partial charge in [-0.25, -0.2) is 0 Å². The van der Waals surface area contributed by atoms with Crippen LogP contribution < -0.4 is 0 Å². The summed E-state index contributed by atoms with van der Waals surface area (Å²) in [6.45, 7) is 6.68. The van der Waals surface area contributed by atoms with Crippen molar-refractivity contribution >= 4 is 0 Å². The first kappa shape index (κ1) is 14.2. The molecule has 1 aromatic rings. The van der Waals surface area contributed by atoms with Gasteiger partial charge >= 0.3 is 0 Å². The quantitative estimate of drug-likeness (QED) is 0.785. The van der Waals surface area contributed by atoms with Crippen LogP contribution in [0.3, 0.4) is 0 Å². The Kier molecular flexibility index (Phi) is 6.23. The first-order valence-electron chi connectivity index (χ1n) is 6.49. The molecule has 0 amide bonds. The lowest BCUT2D eigenvalue weighted by Crippen LogP contribution is -2.19. The Balaban J connectivity index is 2.44. The first-order chi connectivity index (χ1) is 8.11. The van der Waals surface area contributed by atoms with E-state index in [4.69, 9.17) is 5.11 Å². The molecule has 2 heteroatoms. The second kappa shape index (κ2) is 7.46. The fourth-order valence-electron chi connectivity index (χ4n) is 1.98. The minimum absolute atomic E-state index is 0.275. The smallest absolute Gasteiger partial charge is 0.0443 e. The Hall–Kier alpha value is -0.860. The minimum atomic E-state index is 0.275. The molecule has 0 heterocycles. The zero-order valence-corrected chi connectivity index (χ0v) is 11.3. The molecule has 0 bridgehead atoms. The van der Waals surface area contributed by atoms with Crippen molar-refractivity contribution in [1.82, 2.24) is 4.90 Å². The predicted octanol–water partition coefficient (Wildman–Crippen LogP) is 2.70. The van der Waals surface area contributed by atoms with Crippen molar-refractivity contribution in [1.29, 1.82) is 0 Å². The highest BCUT2D eigenvalue weighted by atomic mass is 16.3. The number of nitrogens with zero attached hydrogens (tertiary/aromatic N) is 1. The molecule has 0 saturated carbocycles. The lowest BCUT2D eigenvalue weighted by atomic mass is 10.0. The SMILES string of the molecule is CC(C)Cc1ccc(CN(C)CCCO)cc1. The second-order valence-electron chi connectivity index (χ2n) is 5.23. The summed E-state index contributed by atoms with van der Waals surface area (Å²) in [6, 6.07) is 8.89. The van der Waals surface area contributed by atoms with E-state index in [9.17, 15) is 0 Å². The van der Waals surface area contributed by atoms with E-state index in [0.29, 0.717) is 5.92 Å². The Morgan fingerprint density at radius 1 is 1.12 bits per heavy atom. The average molecular weight is 235 g/mol. The van der Waals surface area contributed by atoms with Crippen molar-refractivity contribution in [3.63, 3.8) is 0 Å². The molecule has 0 aliphatic heterocycles. The molecule has 0 atom stereocenters. The molecule has 1 rings (SSSR count). The van der Waals surface area contributed by atoms with Gasteiger partial charge in [0.1, 0.15) is 0 Å². The van der Waals surface area contributed by atoms with Crippen molar-refractivity contribution in [2.75, 3.05) is 20.2 Å². The van der Waals surface area contributed by atoms with Crippen LogP contribution in [0.5, 0.6) is 0 Å². The van der Waals surface area contributed by atoms with E-state index in [1.807, 2.05) is 0 Å². The molecule has 0 spiro atoms. The third kappa shape index (κ3) is 5.85. The number of hydrogen-bond acceptors (Lipinski definition) is 2. The summed E-state index contributed by atoms with van der Waals surface area (Å²) >= 11 is 0. The van der Waals surface area contributed by atoms with E-state index in [-0.39, 0.29) is 6.61 Å². The lowest BCUT2D eigenvalue weighted by Gasteiger charge is -2.16. The Bertz CT molecular complexity index is 305. The molecular weight excluding hydrogens is 210 g/mol. The number of hydrogen-bond donors (Lipinski definition) is 1. The molecule has 0 saturated heterocycles. The molecule has 0 aromatic heterocycles. The van der Waals surface area contributed by atoms with Gasteiger partial charge in [0.05, 0.1) is 0 Å². The fourth-order valence-corrected chi connectivity index (χ4v) is 1.98. The predicted molar refractivity (Wildman–Crippen MR) is 73.0 cm³/mol. The van der Waals surface area contributed by atoms with Gasteiger partial charge in [-0.05, 0) is 36.9 Å². The summed E-state index contributed by atoms with van der Waals surface area (Å²) in [5, 5.41) is 8.77. The van der Waals surface area contributed by atoms with Gasteiger partial charge in [0.25, 0.3) is 0 Å². The lowest BCUT2D eigenvalue weighted by molar-refractivity contribution is 0.244. The van der Waals surface area contributed by atoms with Gasteiger partial charge in [0, 0.05) is 19.7 Å². The maximum Gasteiger partial charge on any atom is 0.0443 e. The van der Waals surface area contributed by atoms with Crippen LogP contribution >= 0.6 is 0 Å². The topological polar surface area (TPSA) is 23.5 Å². The standard InChI is InChI=1S/C15H25NO/c1-13(2)11-14-5-7-15(8-6-14)12-16(3)9-4-10-17/h5-8,13,17H,4,9-12H2,1-3H3. The van der Waals surface area contributed by atoms with Gasteiger partial charge < -0.3 is 10.0 Å². The van der Waals surface area contributed by atoms with Crippen LogP contribution in [0, 0.1) is 5.92 Å². The van der Waals surface area contributed by atoms with E-state index in [2.05, 4.69) is 50.1 Å². The molecular formula is C15H25NO. The number of aliphatic hydroxyl groups is 1. The Labute approximate surface area is 105 Å². The normalized spacial score (nSPS) is 11.4. The summed E-state index contributed by atoms with van der Waals surface area (Å²) in [5.41, 5.74) is 2.76. The molecule has 2 nitrogen and oxygen atoms in total. The first-order valence-corrected chi connectivity index (χ1v) is 6.49. The van der Waals surface area contributed by atoms with Crippen molar-refractivity contribution < 1.29 is 5.11 Å². The van der Waals surface area contributed by atoms with Gasteiger partial charge in [-0.2, -0.15) is 0 Å². The molecule has 0 unspecified atom stereocenters. The van der Waals surface area contributed by atoms with Gasteiger partial charge in [-0.1, -0.05) is 38.1 Å². The second-order valence-corrected chi connectivity index (χ2v) is 5.23. The molecule has 0 radical (unpaired) electrons. The number of benzene rings is 1. The average Bonchev–Trinajstić information content (AvgIpc) is 2.28. The summed E-state index contributed by atoms with van der Waals surface area (Å²) < 4.78 is 0. The number of rotatable bonds is 7. The van der Waals surface area contributed by atoms with Crippen molar-refractivity contribution in [2.45, 2.75) is 33.2 Å². The molecule has 96 valence electrons. The fraction of sp³-hybridized carbons (Fsp3) is 0.600.